The lowest BCUT2D eigenvalue weighted by atomic mass is 9.90. The first-order chi connectivity index (χ1) is 7.53. The van der Waals surface area contributed by atoms with Crippen LogP contribution in [0.1, 0.15) is 30.1 Å². The number of carbonyl (C=O) groups excluding carboxylic acids is 1. The molecule has 0 aromatic heterocycles. The van der Waals surface area contributed by atoms with Crippen LogP contribution in [0.2, 0.25) is 5.02 Å². The van der Waals surface area contributed by atoms with Crippen molar-refractivity contribution in [3.63, 3.8) is 0 Å². The number of hydrogen-bond donors (Lipinski definition) is 1. The molecule has 86 valence electrons. The fourth-order valence-corrected chi connectivity index (χ4v) is 2.26. The number of ketones is 1. The summed E-state index contributed by atoms with van der Waals surface area (Å²) in [6.45, 7) is 2.65. The highest BCUT2D eigenvalue weighted by molar-refractivity contribution is 6.34. The monoisotopic (exact) mass is 241 g/mol. The molecule has 0 bridgehead atoms. The van der Waals surface area contributed by atoms with E-state index in [-0.39, 0.29) is 11.3 Å². The van der Waals surface area contributed by atoms with Gasteiger partial charge in [-0.3, -0.25) is 4.79 Å². The van der Waals surface area contributed by atoms with Crippen molar-refractivity contribution in [3.05, 3.63) is 34.6 Å². The third-order valence-corrected chi connectivity index (χ3v) is 3.37. The average Bonchev–Trinajstić information content (AvgIpc) is 2.69. The van der Waals surface area contributed by atoms with E-state index in [2.05, 4.69) is 5.32 Å². The van der Waals surface area contributed by atoms with Crippen LogP contribution in [0.5, 0.6) is 0 Å². The predicted octanol–water partition coefficient (Wildman–Crippen LogP) is 2.80. The standard InChI is InChI=1S/C12H13ClFNO/c1-12(5-2-6-15-12)11(16)9-7-8(14)3-4-10(9)13/h3-4,7,15H,2,5-6H2,1H3. The lowest BCUT2D eigenvalue weighted by molar-refractivity contribution is 0.0884. The van der Waals surface area contributed by atoms with Gasteiger partial charge in [0.25, 0.3) is 0 Å². The van der Waals surface area contributed by atoms with Crippen molar-refractivity contribution < 1.29 is 9.18 Å². The van der Waals surface area contributed by atoms with E-state index in [1.165, 1.54) is 18.2 Å². The highest BCUT2D eigenvalue weighted by atomic mass is 35.5. The maximum Gasteiger partial charge on any atom is 0.184 e. The van der Waals surface area contributed by atoms with Gasteiger partial charge in [-0.1, -0.05) is 11.6 Å². The number of benzene rings is 1. The van der Waals surface area contributed by atoms with E-state index >= 15 is 0 Å². The van der Waals surface area contributed by atoms with Gasteiger partial charge in [-0.05, 0) is 44.5 Å². The van der Waals surface area contributed by atoms with Crippen molar-refractivity contribution in [2.45, 2.75) is 25.3 Å². The smallest absolute Gasteiger partial charge is 0.184 e. The van der Waals surface area contributed by atoms with E-state index in [1.54, 1.807) is 0 Å². The summed E-state index contributed by atoms with van der Waals surface area (Å²) in [4.78, 5) is 12.2. The summed E-state index contributed by atoms with van der Waals surface area (Å²) in [6, 6.07) is 3.88. The minimum Gasteiger partial charge on any atom is -0.305 e. The first kappa shape index (κ1) is 11.6. The van der Waals surface area contributed by atoms with Crippen LogP contribution in [-0.2, 0) is 0 Å². The van der Waals surface area contributed by atoms with E-state index in [0.717, 1.165) is 19.4 Å². The van der Waals surface area contributed by atoms with Gasteiger partial charge in [-0.15, -0.1) is 0 Å². The van der Waals surface area contributed by atoms with E-state index in [0.29, 0.717) is 5.02 Å². The number of nitrogens with one attached hydrogen (secondary N) is 1. The summed E-state index contributed by atoms with van der Waals surface area (Å²) in [5.41, 5.74) is -0.337. The molecular formula is C12H13ClFNO. The summed E-state index contributed by atoms with van der Waals surface area (Å²) < 4.78 is 13.1. The van der Waals surface area contributed by atoms with Crippen LogP contribution in [-0.4, -0.2) is 17.9 Å². The van der Waals surface area contributed by atoms with Gasteiger partial charge in [0.15, 0.2) is 5.78 Å². The van der Waals surface area contributed by atoms with Crippen LogP contribution < -0.4 is 5.32 Å². The normalized spacial score (nSPS) is 24.7. The van der Waals surface area contributed by atoms with Crippen molar-refractivity contribution >= 4 is 17.4 Å². The quantitative estimate of drug-likeness (QED) is 0.807. The highest BCUT2D eigenvalue weighted by Crippen LogP contribution is 2.27. The fraction of sp³-hybridized carbons (Fsp3) is 0.417. The zero-order valence-electron chi connectivity index (χ0n) is 9.02. The molecule has 0 aliphatic carbocycles. The minimum absolute atomic E-state index is 0.130. The topological polar surface area (TPSA) is 29.1 Å². The van der Waals surface area contributed by atoms with E-state index in [1.807, 2.05) is 6.92 Å². The number of carbonyl (C=O) groups is 1. The summed E-state index contributed by atoms with van der Waals surface area (Å²) in [6.07, 6.45) is 1.72. The molecule has 0 saturated carbocycles. The first-order valence-electron chi connectivity index (χ1n) is 5.28. The van der Waals surface area contributed by atoms with Gasteiger partial charge >= 0.3 is 0 Å². The Kier molecular flexibility index (Phi) is 3.00. The molecule has 0 radical (unpaired) electrons. The lowest BCUT2D eigenvalue weighted by Crippen LogP contribution is -2.44. The molecule has 4 heteroatoms. The van der Waals surface area contributed by atoms with Crippen molar-refractivity contribution in [3.8, 4) is 0 Å². The molecule has 1 heterocycles. The Bertz CT molecular complexity index is 427. The van der Waals surface area contributed by atoms with Crippen LogP contribution >= 0.6 is 11.6 Å². The van der Waals surface area contributed by atoms with Gasteiger partial charge in [0.05, 0.1) is 10.6 Å². The predicted molar refractivity (Wildman–Crippen MR) is 61.4 cm³/mol. The van der Waals surface area contributed by atoms with Crippen molar-refractivity contribution in [1.29, 1.82) is 0 Å². The zero-order valence-corrected chi connectivity index (χ0v) is 9.77. The van der Waals surface area contributed by atoms with Gasteiger partial charge < -0.3 is 5.32 Å². The lowest BCUT2D eigenvalue weighted by Gasteiger charge is -2.23. The summed E-state index contributed by atoms with van der Waals surface area (Å²) in [5.74, 6) is -0.566. The van der Waals surface area contributed by atoms with Gasteiger partial charge in [0.2, 0.25) is 0 Å². The van der Waals surface area contributed by atoms with Gasteiger partial charge in [-0.25, -0.2) is 4.39 Å². The van der Waals surface area contributed by atoms with Crippen LogP contribution in [0.15, 0.2) is 18.2 Å². The van der Waals surface area contributed by atoms with Crippen LogP contribution in [0.25, 0.3) is 0 Å². The number of Topliss-reactive ketones (excluding diaryl/α,β-unsaturated/α-hetero) is 1. The molecule has 1 unspecified atom stereocenters. The molecule has 1 fully saturated rings. The number of halogens is 2. The number of rotatable bonds is 2. The fourth-order valence-electron chi connectivity index (χ4n) is 2.06. The molecule has 1 aromatic carbocycles. The van der Waals surface area contributed by atoms with Crippen molar-refractivity contribution in [2.24, 2.45) is 0 Å². The molecule has 2 nitrogen and oxygen atoms in total. The number of hydrogen-bond acceptors (Lipinski definition) is 2. The third-order valence-electron chi connectivity index (χ3n) is 3.04. The van der Waals surface area contributed by atoms with E-state index < -0.39 is 11.4 Å². The Morgan fingerprint density at radius 2 is 2.31 bits per heavy atom. The molecule has 16 heavy (non-hydrogen) atoms. The Morgan fingerprint density at radius 1 is 1.56 bits per heavy atom. The van der Waals surface area contributed by atoms with Crippen molar-refractivity contribution in [2.75, 3.05) is 6.54 Å². The zero-order chi connectivity index (χ0) is 11.8. The molecule has 0 amide bonds. The molecule has 1 N–H and O–H groups in total. The SMILES string of the molecule is CC1(C(=O)c2cc(F)ccc2Cl)CCCN1. The maximum atomic E-state index is 13.1. The molecule has 0 spiro atoms. The summed E-state index contributed by atoms with van der Waals surface area (Å²) in [7, 11) is 0. The summed E-state index contributed by atoms with van der Waals surface area (Å²) in [5, 5.41) is 3.45. The van der Waals surface area contributed by atoms with Crippen LogP contribution in [0.4, 0.5) is 4.39 Å². The Labute approximate surface area is 98.8 Å². The largest absolute Gasteiger partial charge is 0.305 e. The van der Waals surface area contributed by atoms with Gasteiger partial charge in [-0.2, -0.15) is 0 Å². The second-order valence-electron chi connectivity index (χ2n) is 4.32. The van der Waals surface area contributed by atoms with Crippen molar-refractivity contribution in [1.82, 2.24) is 5.32 Å². The van der Waals surface area contributed by atoms with Crippen LogP contribution in [0.3, 0.4) is 0 Å². The highest BCUT2D eigenvalue weighted by Gasteiger charge is 2.37. The first-order valence-corrected chi connectivity index (χ1v) is 5.66. The molecule has 1 atom stereocenters. The Morgan fingerprint density at radius 3 is 2.94 bits per heavy atom. The Hall–Kier alpha value is -0.930. The second-order valence-corrected chi connectivity index (χ2v) is 4.72. The third kappa shape index (κ3) is 1.97. The van der Waals surface area contributed by atoms with Gasteiger partial charge in [0, 0.05) is 5.56 Å². The molecule has 2 rings (SSSR count). The molecule has 1 aliphatic heterocycles. The summed E-state index contributed by atoms with van der Waals surface area (Å²) >= 11 is 5.92. The average molecular weight is 242 g/mol. The van der Waals surface area contributed by atoms with E-state index in [4.69, 9.17) is 11.6 Å². The van der Waals surface area contributed by atoms with E-state index in [9.17, 15) is 9.18 Å². The maximum absolute atomic E-state index is 13.1. The molecule has 1 aromatic rings. The molecule has 1 aliphatic rings. The Balaban J connectivity index is 2.36. The minimum atomic E-state index is -0.600. The molecule has 1 saturated heterocycles. The van der Waals surface area contributed by atoms with Gasteiger partial charge in [0.1, 0.15) is 5.82 Å². The second kappa shape index (κ2) is 4.15. The van der Waals surface area contributed by atoms with Crippen LogP contribution in [0, 0.1) is 5.82 Å². The molecular weight excluding hydrogens is 229 g/mol.